The third-order valence-corrected chi connectivity index (χ3v) is 4.53. The van der Waals surface area contributed by atoms with E-state index in [1.165, 1.54) is 5.56 Å². The molecule has 0 aliphatic rings. The third kappa shape index (κ3) is 4.55. The average Bonchev–Trinajstić information content (AvgIpc) is 2.97. The van der Waals surface area contributed by atoms with E-state index in [9.17, 15) is 0 Å². The summed E-state index contributed by atoms with van der Waals surface area (Å²) in [5, 5.41) is 8.42. The first kappa shape index (κ1) is 18.0. The van der Waals surface area contributed by atoms with Crippen molar-refractivity contribution in [1.82, 2.24) is 15.5 Å². The second-order valence-electron chi connectivity index (χ2n) is 6.35. The Morgan fingerprint density at radius 1 is 1.17 bits per heavy atom. The molecule has 0 spiro atoms. The zero-order valence-corrected chi connectivity index (χ0v) is 15.2. The van der Waals surface area contributed by atoms with Gasteiger partial charge >= 0.3 is 0 Å². The van der Waals surface area contributed by atoms with Gasteiger partial charge in [0.1, 0.15) is 0 Å². The molecular weight excluding hydrogens is 310 g/mol. The fourth-order valence-corrected chi connectivity index (χ4v) is 2.96. The van der Waals surface area contributed by atoms with E-state index < -0.39 is 0 Å². The highest BCUT2D eigenvalue weighted by Crippen LogP contribution is 2.30. The SMILES string of the molecule is CCC(CC)(NCc1nc(CC(C)C)no1)c1ccc(Cl)cc1. The highest BCUT2D eigenvalue weighted by Gasteiger charge is 2.28. The molecule has 4 nitrogen and oxygen atoms in total. The van der Waals surface area contributed by atoms with Crippen molar-refractivity contribution in [1.29, 1.82) is 0 Å². The second-order valence-corrected chi connectivity index (χ2v) is 6.79. The zero-order valence-electron chi connectivity index (χ0n) is 14.4. The molecule has 2 rings (SSSR count). The van der Waals surface area contributed by atoms with Gasteiger partial charge in [0.05, 0.1) is 6.54 Å². The molecule has 0 atom stereocenters. The van der Waals surface area contributed by atoms with Gasteiger partial charge in [-0.25, -0.2) is 0 Å². The normalized spacial score (nSPS) is 12.1. The minimum absolute atomic E-state index is 0.114. The van der Waals surface area contributed by atoms with Crippen LogP contribution in [0.5, 0.6) is 0 Å². The smallest absolute Gasteiger partial charge is 0.240 e. The summed E-state index contributed by atoms with van der Waals surface area (Å²) < 4.78 is 5.36. The van der Waals surface area contributed by atoms with Gasteiger partial charge in [-0.15, -0.1) is 0 Å². The largest absolute Gasteiger partial charge is 0.338 e. The zero-order chi connectivity index (χ0) is 16.9. The van der Waals surface area contributed by atoms with Gasteiger partial charge in [0, 0.05) is 17.0 Å². The Bertz CT molecular complexity index is 603. The second kappa shape index (κ2) is 7.93. The lowest BCUT2D eigenvalue weighted by Crippen LogP contribution is -2.41. The van der Waals surface area contributed by atoms with E-state index in [0.717, 1.165) is 30.1 Å². The van der Waals surface area contributed by atoms with Crippen LogP contribution in [0.15, 0.2) is 28.8 Å². The molecule has 0 bridgehead atoms. The Morgan fingerprint density at radius 3 is 2.39 bits per heavy atom. The first-order valence-electron chi connectivity index (χ1n) is 8.31. The minimum atomic E-state index is -0.114. The van der Waals surface area contributed by atoms with Crippen molar-refractivity contribution in [3.05, 3.63) is 46.6 Å². The molecular formula is C18H26ClN3O. The molecule has 5 heteroatoms. The van der Waals surface area contributed by atoms with E-state index in [1.807, 2.05) is 12.1 Å². The molecule has 0 fully saturated rings. The number of rotatable bonds is 8. The fraction of sp³-hybridized carbons (Fsp3) is 0.556. The fourth-order valence-electron chi connectivity index (χ4n) is 2.83. The van der Waals surface area contributed by atoms with Crippen LogP contribution in [0, 0.1) is 5.92 Å². The maximum Gasteiger partial charge on any atom is 0.240 e. The Balaban J connectivity index is 2.10. The van der Waals surface area contributed by atoms with E-state index in [1.54, 1.807) is 0 Å². The molecule has 0 unspecified atom stereocenters. The van der Waals surface area contributed by atoms with Crippen LogP contribution in [-0.2, 0) is 18.5 Å². The average molecular weight is 336 g/mol. The molecule has 126 valence electrons. The van der Waals surface area contributed by atoms with Gasteiger partial charge in [-0.2, -0.15) is 4.98 Å². The van der Waals surface area contributed by atoms with Crippen molar-refractivity contribution < 1.29 is 4.52 Å². The van der Waals surface area contributed by atoms with E-state index in [4.69, 9.17) is 16.1 Å². The number of halogens is 1. The van der Waals surface area contributed by atoms with Gasteiger partial charge in [0.2, 0.25) is 5.89 Å². The van der Waals surface area contributed by atoms with Crippen molar-refractivity contribution in [2.45, 2.75) is 59.0 Å². The standard InChI is InChI=1S/C18H26ClN3O/c1-5-18(6-2,14-7-9-15(19)10-8-14)20-12-17-21-16(22-23-17)11-13(3)4/h7-10,13,20H,5-6,11-12H2,1-4H3. The summed E-state index contributed by atoms with van der Waals surface area (Å²) in [5.74, 6) is 1.94. The van der Waals surface area contributed by atoms with E-state index in [0.29, 0.717) is 18.4 Å². The van der Waals surface area contributed by atoms with Crippen molar-refractivity contribution in [2.24, 2.45) is 5.92 Å². The summed E-state index contributed by atoms with van der Waals surface area (Å²) in [6.45, 7) is 9.23. The van der Waals surface area contributed by atoms with Gasteiger partial charge in [-0.1, -0.05) is 56.6 Å². The lowest BCUT2D eigenvalue weighted by Gasteiger charge is -2.33. The number of aromatic nitrogens is 2. The maximum absolute atomic E-state index is 6.01. The first-order valence-corrected chi connectivity index (χ1v) is 8.69. The van der Waals surface area contributed by atoms with Crippen molar-refractivity contribution >= 4 is 11.6 Å². The van der Waals surface area contributed by atoms with Gasteiger partial charge in [-0.05, 0) is 36.5 Å². The van der Waals surface area contributed by atoms with E-state index >= 15 is 0 Å². The number of nitrogens with one attached hydrogen (secondary N) is 1. The molecule has 0 radical (unpaired) electrons. The number of benzene rings is 1. The van der Waals surface area contributed by atoms with Gasteiger partial charge in [0.25, 0.3) is 0 Å². The Hall–Kier alpha value is -1.39. The van der Waals surface area contributed by atoms with Crippen LogP contribution in [-0.4, -0.2) is 10.1 Å². The van der Waals surface area contributed by atoms with Gasteiger partial charge in [0.15, 0.2) is 5.82 Å². The minimum Gasteiger partial charge on any atom is -0.338 e. The summed E-state index contributed by atoms with van der Waals surface area (Å²) in [7, 11) is 0. The van der Waals surface area contributed by atoms with Crippen LogP contribution >= 0.6 is 11.6 Å². The molecule has 0 saturated heterocycles. The monoisotopic (exact) mass is 335 g/mol. The highest BCUT2D eigenvalue weighted by molar-refractivity contribution is 6.30. The molecule has 2 aromatic rings. The van der Waals surface area contributed by atoms with E-state index in [-0.39, 0.29) is 5.54 Å². The van der Waals surface area contributed by atoms with Crippen LogP contribution in [0.25, 0.3) is 0 Å². The van der Waals surface area contributed by atoms with Crippen LogP contribution in [0.3, 0.4) is 0 Å². The first-order chi connectivity index (χ1) is 11.0. The molecule has 1 aromatic heterocycles. The van der Waals surface area contributed by atoms with Crippen LogP contribution in [0.4, 0.5) is 0 Å². The summed E-state index contributed by atoms with van der Waals surface area (Å²) in [6.07, 6.45) is 2.78. The molecule has 23 heavy (non-hydrogen) atoms. The Kier molecular flexibility index (Phi) is 6.19. The number of hydrogen-bond donors (Lipinski definition) is 1. The van der Waals surface area contributed by atoms with E-state index in [2.05, 4.69) is 55.3 Å². The number of hydrogen-bond acceptors (Lipinski definition) is 4. The lowest BCUT2D eigenvalue weighted by molar-refractivity contribution is 0.276. The summed E-state index contributed by atoms with van der Waals surface area (Å²) >= 11 is 6.01. The summed E-state index contributed by atoms with van der Waals surface area (Å²) in [4.78, 5) is 4.47. The lowest BCUT2D eigenvalue weighted by atomic mass is 9.84. The highest BCUT2D eigenvalue weighted by atomic mass is 35.5. The quantitative estimate of drug-likeness (QED) is 0.757. The Labute approximate surface area is 143 Å². The number of nitrogens with zero attached hydrogens (tertiary/aromatic N) is 2. The molecule has 1 heterocycles. The Morgan fingerprint density at radius 2 is 1.83 bits per heavy atom. The van der Waals surface area contributed by atoms with Crippen molar-refractivity contribution in [2.75, 3.05) is 0 Å². The third-order valence-electron chi connectivity index (χ3n) is 4.28. The summed E-state index contributed by atoms with van der Waals surface area (Å²) in [6, 6.07) is 8.04. The molecule has 1 aromatic carbocycles. The topological polar surface area (TPSA) is 51.0 Å². The van der Waals surface area contributed by atoms with Crippen molar-refractivity contribution in [3.63, 3.8) is 0 Å². The van der Waals surface area contributed by atoms with Gasteiger partial charge < -0.3 is 4.52 Å². The summed E-state index contributed by atoms with van der Waals surface area (Å²) in [5.41, 5.74) is 1.12. The molecule has 0 aliphatic carbocycles. The van der Waals surface area contributed by atoms with Gasteiger partial charge in [-0.3, -0.25) is 5.32 Å². The van der Waals surface area contributed by atoms with Crippen LogP contribution in [0.1, 0.15) is 57.8 Å². The molecule has 1 N–H and O–H groups in total. The predicted molar refractivity (Wildman–Crippen MR) is 93.4 cm³/mol. The molecule has 0 aliphatic heterocycles. The molecule has 0 amide bonds. The maximum atomic E-state index is 6.01. The van der Waals surface area contributed by atoms with Crippen LogP contribution in [0.2, 0.25) is 5.02 Å². The predicted octanol–water partition coefficient (Wildman–Crippen LogP) is 4.73. The van der Waals surface area contributed by atoms with Crippen LogP contribution < -0.4 is 5.32 Å². The van der Waals surface area contributed by atoms with Crippen molar-refractivity contribution in [3.8, 4) is 0 Å². The molecule has 0 saturated carbocycles.